The molecule has 0 unspecified atom stereocenters. The molecule has 0 aliphatic rings. The quantitative estimate of drug-likeness (QED) is 0.408. The Bertz CT molecular complexity index is 142. The van der Waals surface area contributed by atoms with E-state index >= 15 is 0 Å². The van der Waals surface area contributed by atoms with Gasteiger partial charge < -0.3 is 20.6 Å². The number of aliphatic hydroxyl groups is 1. The lowest BCUT2D eigenvalue weighted by Crippen LogP contribution is -2.29. The number of nitrogens with zero attached hydrogens (tertiary/aromatic N) is 1. The molecule has 0 spiro atoms. The fourth-order valence-electron chi connectivity index (χ4n) is 2.10. The standard InChI is InChI=1S/C14H33N3O/c1-15-9-5-3-7-11-17(13-14-18)12-8-4-6-10-16-2/h15-16,18H,3-14H2,1-2H3. The highest BCUT2D eigenvalue weighted by atomic mass is 16.3. The molecule has 4 nitrogen and oxygen atoms in total. The third-order valence-corrected chi connectivity index (χ3v) is 3.22. The van der Waals surface area contributed by atoms with E-state index in [-0.39, 0.29) is 6.61 Å². The van der Waals surface area contributed by atoms with Gasteiger partial charge >= 0.3 is 0 Å². The van der Waals surface area contributed by atoms with Crippen molar-refractivity contribution in [1.29, 1.82) is 0 Å². The van der Waals surface area contributed by atoms with Crippen LogP contribution in [-0.2, 0) is 0 Å². The van der Waals surface area contributed by atoms with Crippen molar-refractivity contribution < 1.29 is 5.11 Å². The number of unbranched alkanes of at least 4 members (excludes halogenated alkanes) is 4. The Hall–Kier alpha value is -0.160. The van der Waals surface area contributed by atoms with Crippen molar-refractivity contribution in [1.82, 2.24) is 15.5 Å². The lowest BCUT2D eigenvalue weighted by atomic mass is 10.2. The van der Waals surface area contributed by atoms with Gasteiger partial charge in [-0.25, -0.2) is 0 Å². The molecule has 0 aromatic carbocycles. The molecule has 4 heteroatoms. The summed E-state index contributed by atoms with van der Waals surface area (Å²) in [6, 6.07) is 0. The van der Waals surface area contributed by atoms with E-state index in [1.807, 2.05) is 14.1 Å². The maximum Gasteiger partial charge on any atom is 0.0558 e. The summed E-state index contributed by atoms with van der Waals surface area (Å²) in [5.74, 6) is 0. The molecule has 0 bridgehead atoms. The monoisotopic (exact) mass is 259 g/mol. The van der Waals surface area contributed by atoms with Crippen molar-refractivity contribution in [3.05, 3.63) is 0 Å². The van der Waals surface area contributed by atoms with E-state index in [4.69, 9.17) is 5.11 Å². The second kappa shape index (κ2) is 14.9. The predicted molar refractivity (Wildman–Crippen MR) is 79.1 cm³/mol. The van der Waals surface area contributed by atoms with Gasteiger partial charge in [-0.3, -0.25) is 0 Å². The van der Waals surface area contributed by atoms with Crippen molar-refractivity contribution in [2.24, 2.45) is 0 Å². The SMILES string of the molecule is CNCCCCCN(CCO)CCCCCNC. The molecule has 0 amide bonds. The van der Waals surface area contributed by atoms with Gasteiger partial charge in [0.2, 0.25) is 0 Å². The summed E-state index contributed by atoms with van der Waals surface area (Å²) in [6.07, 6.45) is 7.57. The van der Waals surface area contributed by atoms with E-state index in [9.17, 15) is 0 Å². The number of aliphatic hydroxyl groups excluding tert-OH is 1. The fourth-order valence-corrected chi connectivity index (χ4v) is 2.10. The smallest absolute Gasteiger partial charge is 0.0558 e. The molecule has 0 saturated heterocycles. The molecule has 0 aromatic heterocycles. The van der Waals surface area contributed by atoms with Crippen LogP contribution in [0.1, 0.15) is 38.5 Å². The Labute approximate surface area is 113 Å². The van der Waals surface area contributed by atoms with Crippen LogP contribution in [-0.4, -0.2) is 63.4 Å². The summed E-state index contributed by atoms with van der Waals surface area (Å²) in [5, 5.41) is 15.4. The predicted octanol–water partition coefficient (Wildman–Crippen LogP) is 1.06. The van der Waals surface area contributed by atoms with Gasteiger partial charge in [0, 0.05) is 6.54 Å². The molecule has 0 saturated carbocycles. The lowest BCUT2D eigenvalue weighted by molar-refractivity contribution is 0.190. The van der Waals surface area contributed by atoms with Crippen molar-refractivity contribution in [2.45, 2.75) is 38.5 Å². The largest absolute Gasteiger partial charge is 0.395 e. The highest BCUT2D eigenvalue weighted by Crippen LogP contribution is 2.02. The molecule has 110 valence electrons. The molecule has 0 aliphatic heterocycles. The second-order valence-electron chi connectivity index (χ2n) is 4.89. The summed E-state index contributed by atoms with van der Waals surface area (Å²) in [5.41, 5.74) is 0. The van der Waals surface area contributed by atoms with Crippen LogP contribution in [0, 0.1) is 0 Å². The van der Waals surface area contributed by atoms with E-state index in [0.717, 1.165) is 32.7 Å². The summed E-state index contributed by atoms with van der Waals surface area (Å²) in [4.78, 5) is 2.40. The topological polar surface area (TPSA) is 47.5 Å². The van der Waals surface area contributed by atoms with Crippen LogP contribution in [0.25, 0.3) is 0 Å². The molecule has 0 radical (unpaired) electrons. The highest BCUT2D eigenvalue weighted by Gasteiger charge is 2.03. The Morgan fingerprint density at radius 2 is 1.22 bits per heavy atom. The van der Waals surface area contributed by atoms with Crippen LogP contribution in [0.15, 0.2) is 0 Å². The van der Waals surface area contributed by atoms with Gasteiger partial charge in [-0.2, -0.15) is 0 Å². The second-order valence-corrected chi connectivity index (χ2v) is 4.89. The molecule has 0 fully saturated rings. The van der Waals surface area contributed by atoms with Crippen molar-refractivity contribution in [3.63, 3.8) is 0 Å². The summed E-state index contributed by atoms with van der Waals surface area (Å²) in [7, 11) is 4.01. The molecule has 0 atom stereocenters. The first-order chi connectivity index (χ1) is 8.85. The molecule has 0 heterocycles. The molecule has 18 heavy (non-hydrogen) atoms. The molecular weight excluding hydrogens is 226 g/mol. The zero-order valence-electron chi connectivity index (χ0n) is 12.4. The van der Waals surface area contributed by atoms with Crippen molar-refractivity contribution in [2.75, 3.05) is 53.4 Å². The Morgan fingerprint density at radius 1 is 0.722 bits per heavy atom. The Morgan fingerprint density at radius 3 is 1.61 bits per heavy atom. The van der Waals surface area contributed by atoms with E-state index in [1.165, 1.54) is 38.5 Å². The number of hydrogen-bond donors (Lipinski definition) is 3. The summed E-state index contributed by atoms with van der Waals surface area (Å²) >= 11 is 0. The van der Waals surface area contributed by atoms with E-state index < -0.39 is 0 Å². The molecule has 0 aromatic rings. The van der Waals surface area contributed by atoms with Gasteiger partial charge in [-0.1, -0.05) is 12.8 Å². The minimum atomic E-state index is 0.285. The fraction of sp³-hybridized carbons (Fsp3) is 1.00. The van der Waals surface area contributed by atoms with E-state index in [2.05, 4.69) is 15.5 Å². The van der Waals surface area contributed by atoms with E-state index in [0.29, 0.717) is 0 Å². The zero-order valence-corrected chi connectivity index (χ0v) is 12.4. The van der Waals surface area contributed by atoms with Gasteiger partial charge in [0.1, 0.15) is 0 Å². The third-order valence-electron chi connectivity index (χ3n) is 3.22. The first-order valence-electron chi connectivity index (χ1n) is 7.47. The molecular formula is C14H33N3O. The Balaban J connectivity index is 3.45. The van der Waals surface area contributed by atoms with Crippen LogP contribution >= 0.6 is 0 Å². The minimum absolute atomic E-state index is 0.285. The maximum absolute atomic E-state index is 9.06. The van der Waals surface area contributed by atoms with Crippen molar-refractivity contribution >= 4 is 0 Å². The van der Waals surface area contributed by atoms with Gasteiger partial charge in [0.25, 0.3) is 0 Å². The average Bonchev–Trinajstić information content (AvgIpc) is 2.38. The Kier molecular flexibility index (Phi) is 14.8. The van der Waals surface area contributed by atoms with Gasteiger partial charge in [0.05, 0.1) is 6.61 Å². The summed E-state index contributed by atoms with van der Waals surface area (Å²) in [6.45, 7) is 5.62. The minimum Gasteiger partial charge on any atom is -0.395 e. The highest BCUT2D eigenvalue weighted by molar-refractivity contribution is 4.59. The molecule has 0 aliphatic carbocycles. The number of nitrogens with one attached hydrogen (secondary N) is 2. The van der Waals surface area contributed by atoms with Crippen molar-refractivity contribution in [3.8, 4) is 0 Å². The van der Waals surface area contributed by atoms with Crippen LogP contribution in [0.4, 0.5) is 0 Å². The lowest BCUT2D eigenvalue weighted by Gasteiger charge is -2.21. The molecule has 0 rings (SSSR count). The first-order valence-corrected chi connectivity index (χ1v) is 7.47. The average molecular weight is 259 g/mol. The van der Waals surface area contributed by atoms with Gasteiger partial charge in [0.15, 0.2) is 0 Å². The van der Waals surface area contributed by atoms with Crippen LogP contribution in [0.3, 0.4) is 0 Å². The number of hydrogen-bond acceptors (Lipinski definition) is 4. The van der Waals surface area contributed by atoms with Crippen LogP contribution in [0.5, 0.6) is 0 Å². The van der Waals surface area contributed by atoms with Gasteiger partial charge in [-0.05, 0) is 66.0 Å². The normalized spacial score (nSPS) is 11.3. The molecule has 3 N–H and O–H groups in total. The zero-order chi connectivity index (χ0) is 13.5. The van der Waals surface area contributed by atoms with Gasteiger partial charge in [-0.15, -0.1) is 0 Å². The van der Waals surface area contributed by atoms with Crippen LogP contribution < -0.4 is 10.6 Å². The van der Waals surface area contributed by atoms with E-state index in [1.54, 1.807) is 0 Å². The third kappa shape index (κ3) is 12.3. The van der Waals surface area contributed by atoms with Crippen LogP contribution in [0.2, 0.25) is 0 Å². The number of rotatable bonds is 14. The summed E-state index contributed by atoms with van der Waals surface area (Å²) < 4.78 is 0. The maximum atomic E-state index is 9.06. The first kappa shape index (κ1) is 17.8.